The molecular weight excluding hydrogens is 408 g/mol. The van der Waals surface area contributed by atoms with Gasteiger partial charge in [0.15, 0.2) is 5.13 Å². The fourth-order valence-corrected chi connectivity index (χ4v) is 5.63. The Morgan fingerprint density at radius 3 is 2.87 bits per heavy atom. The van der Waals surface area contributed by atoms with Crippen molar-refractivity contribution in [3.63, 3.8) is 0 Å². The van der Waals surface area contributed by atoms with Crippen molar-refractivity contribution in [2.45, 2.75) is 52.0 Å². The van der Waals surface area contributed by atoms with E-state index < -0.39 is 0 Å². The molecule has 0 bridgehead atoms. The monoisotopic (exact) mass is 442 g/mol. The number of aromatic nitrogens is 1. The maximum Gasteiger partial charge on any atom is 0.224 e. The fraction of sp³-hybridized carbons (Fsp3) is 0.583. The van der Waals surface area contributed by atoms with E-state index in [-0.39, 0.29) is 5.91 Å². The van der Waals surface area contributed by atoms with Crippen molar-refractivity contribution in [1.82, 2.24) is 9.88 Å². The number of aryl methyl sites for hydroxylation is 1. The number of hydrogen-bond donors (Lipinski definition) is 1. The number of piperidine rings is 1. The lowest BCUT2D eigenvalue weighted by molar-refractivity contribution is -0.116. The number of carbonyl (C=O) groups is 1. The first-order valence-corrected chi connectivity index (χ1v) is 12.3. The number of amides is 1. The molecule has 7 heteroatoms. The number of carbonyl (C=O) groups excluding carboxylic acids is 1. The summed E-state index contributed by atoms with van der Waals surface area (Å²) in [6.45, 7) is 7.50. The second-order valence-corrected chi connectivity index (χ2v) is 9.91. The number of methoxy groups -OCH3 is 1. The number of rotatable bonds is 8. The summed E-state index contributed by atoms with van der Waals surface area (Å²) in [5.41, 5.74) is 1.89. The first-order chi connectivity index (χ1) is 15.1. The zero-order valence-corrected chi connectivity index (χ0v) is 19.5. The highest BCUT2D eigenvalue weighted by molar-refractivity contribution is 7.15. The van der Waals surface area contributed by atoms with Crippen LogP contribution in [-0.2, 0) is 11.3 Å². The summed E-state index contributed by atoms with van der Waals surface area (Å²) in [5.74, 6) is 1.50. The molecule has 2 fully saturated rings. The fourth-order valence-electron chi connectivity index (χ4n) is 4.63. The van der Waals surface area contributed by atoms with E-state index in [0.717, 1.165) is 56.1 Å². The molecule has 1 atom stereocenters. The summed E-state index contributed by atoms with van der Waals surface area (Å²) in [6, 6.07) is 5.75. The minimum atomic E-state index is 0.100. The molecule has 2 aliphatic rings. The Labute approximate surface area is 189 Å². The molecule has 168 valence electrons. The van der Waals surface area contributed by atoms with Crippen LogP contribution in [0.4, 0.5) is 10.8 Å². The Hall–Kier alpha value is -2.12. The van der Waals surface area contributed by atoms with E-state index in [0.29, 0.717) is 12.3 Å². The molecule has 0 saturated carbocycles. The van der Waals surface area contributed by atoms with Crippen molar-refractivity contribution in [3.8, 4) is 5.75 Å². The first kappa shape index (κ1) is 22.1. The first-order valence-electron chi connectivity index (χ1n) is 11.5. The molecule has 0 unspecified atom stereocenters. The van der Waals surface area contributed by atoms with Crippen molar-refractivity contribution in [2.75, 3.05) is 43.5 Å². The summed E-state index contributed by atoms with van der Waals surface area (Å²) in [6.07, 6.45) is 8.58. The smallest absolute Gasteiger partial charge is 0.224 e. The number of ether oxygens (including phenoxy) is 1. The number of benzene rings is 1. The Bertz CT molecular complexity index is 878. The zero-order valence-electron chi connectivity index (χ0n) is 18.7. The molecule has 0 aliphatic carbocycles. The molecule has 6 nitrogen and oxygen atoms in total. The highest BCUT2D eigenvalue weighted by atomic mass is 32.1. The van der Waals surface area contributed by atoms with Crippen molar-refractivity contribution in [1.29, 1.82) is 0 Å². The number of nitrogens with zero attached hydrogens (tertiary/aromatic N) is 3. The zero-order chi connectivity index (χ0) is 21.6. The van der Waals surface area contributed by atoms with Crippen LogP contribution in [0.2, 0.25) is 0 Å². The predicted molar refractivity (Wildman–Crippen MR) is 127 cm³/mol. The SMILES string of the molecule is COc1ccc(NC(=O)CC[C@H]2CCCN(Cc3cnc(N4CCCC4)s3)C2)c(C)c1. The van der Waals surface area contributed by atoms with Gasteiger partial charge in [-0.15, -0.1) is 11.3 Å². The van der Waals surface area contributed by atoms with Crippen molar-refractivity contribution in [3.05, 3.63) is 34.8 Å². The molecule has 3 heterocycles. The Balaban J connectivity index is 1.23. The number of thiazole rings is 1. The van der Waals surface area contributed by atoms with Crippen molar-refractivity contribution in [2.24, 2.45) is 5.92 Å². The molecule has 1 amide bonds. The molecule has 2 aromatic rings. The third-order valence-corrected chi connectivity index (χ3v) is 7.43. The third-order valence-electron chi connectivity index (χ3n) is 6.39. The van der Waals surface area contributed by atoms with Crippen LogP contribution in [0, 0.1) is 12.8 Å². The molecule has 2 aliphatic heterocycles. The van der Waals surface area contributed by atoms with E-state index in [1.165, 1.54) is 35.7 Å². The van der Waals surface area contributed by atoms with Gasteiger partial charge in [-0.05, 0) is 75.3 Å². The van der Waals surface area contributed by atoms with Gasteiger partial charge in [0.1, 0.15) is 5.75 Å². The molecule has 4 rings (SSSR count). The van der Waals surface area contributed by atoms with Crippen LogP contribution >= 0.6 is 11.3 Å². The van der Waals surface area contributed by atoms with Crippen LogP contribution in [-0.4, -0.2) is 49.1 Å². The third kappa shape index (κ3) is 5.98. The molecule has 31 heavy (non-hydrogen) atoms. The topological polar surface area (TPSA) is 57.7 Å². The van der Waals surface area contributed by atoms with Gasteiger partial charge < -0.3 is 15.0 Å². The molecular formula is C24H34N4O2S. The lowest BCUT2D eigenvalue weighted by Gasteiger charge is -2.32. The van der Waals surface area contributed by atoms with Crippen molar-refractivity contribution < 1.29 is 9.53 Å². The Kier molecular flexibility index (Phi) is 7.45. The minimum absolute atomic E-state index is 0.100. The molecule has 0 spiro atoms. The van der Waals surface area contributed by atoms with Crippen molar-refractivity contribution >= 4 is 28.1 Å². The van der Waals surface area contributed by atoms with Crippen LogP contribution in [0.15, 0.2) is 24.4 Å². The van der Waals surface area contributed by atoms with Gasteiger partial charge in [0.2, 0.25) is 5.91 Å². The average Bonchev–Trinajstić information content (AvgIpc) is 3.46. The molecule has 1 aromatic heterocycles. The maximum atomic E-state index is 12.5. The van der Waals surface area contributed by atoms with Gasteiger partial charge in [0, 0.05) is 49.4 Å². The van der Waals surface area contributed by atoms with E-state index in [1.807, 2.05) is 36.5 Å². The Morgan fingerprint density at radius 1 is 1.26 bits per heavy atom. The molecule has 1 aromatic carbocycles. The van der Waals surface area contributed by atoms with E-state index in [4.69, 9.17) is 4.74 Å². The quantitative estimate of drug-likeness (QED) is 0.643. The van der Waals surface area contributed by atoms with Gasteiger partial charge in [-0.2, -0.15) is 0 Å². The molecule has 0 radical (unpaired) electrons. The standard InChI is InChI=1S/C24H34N4O2S/c1-18-14-20(30-2)8-9-22(18)26-23(29)10-7-19-6-5-11-27(16-19)17-21-15-25-24(31-21)28-12-3-4-13-28/h8-9,14-15,19H,3-7,10-13,16-17H2,1-2H3,(H,26,29)/t19-/m1/s1. The van der Waals surface area contributed by atoms with Gasteiger partial charge in [-0.3, -0.25) is 9.69 Å². The van der Waals surface area contributed by atoms with Gasteiger partial charge in [0.25, 0.3) is 0 Å². The van der Waals surface area contributed by atoms with E-state index in [2.05, 4.69) is 26.3 Å². The predicted octanol–water partition coefficient (Wildman–Crippen LogP) is 4.69. The number of anilines is 2. The normalized spacial score (nSPS) is 19.5. The Morgan fingerprint density at radius 2 is 2.10 bits per heavy atom. The lowest BCUT2D eigenvalue weighted by atomic mass is 9.93. The van der Waals surface area contributed by atoms with Crippen LogP contribution in [0.3, 0.4) is 0 Å². The highest BCUT2D eigenvalue weighted by Gasteiger charge is 2.22. The van der Waals surface area contributed by atoms with Gasteiger partial charge in [0.05, 0.1) is 7.11 Å². The summed E-state index contributed by atoms with van der Waals surface area (Å²) in [4.78, 5) is 23.5. The maximum absolute atomic E-state index is 12.5. The average molecular weight is 443 g/mol. The second kappa shape index (κ2) is 10.5. The van der Waals surface area contributed by atoms with E-state index in [1.54, 1.807) is 7.11 Å². The van der Waals surface area contributed by atoms with Crippen LogP contribution in [0.5, 0.6) is 5.75 Å². The largest absolute Gasteiger partial charge is 0.497 e. The second-order valence-electron chi connectivity index (χ2n) is 8.81. The van der Waals surface area contributed by atoms with Gasteiger partial charge in [-0.25, -0.2) is 4.98 Å². The number of hydrogen-bond acceptors (Lipinski definition) is 6. The minimum Gasteiger partial charge on any atom is -0.497 e. The van der Waals surface area contributed by atoms with Gasteiger partial charge in [-0.1, -0.05) is 0 Å². The van der Waals surface area contributed by atoms with Crippen LogP contribution in [0.1, 0.15) is 49.0 Å². The number of nitrogens with one attached hydrogen (secondary N) is 1. The van der Waals surface area contributed by atoms with Crippen LogP contribution < -0.4 is 15.0 Å². The van der Waals surface area contributed by atoms with E-state index in [9.17, 15) is 4.79 Å². The molecule has 2 saturated heterocycles. The van der Waals surface area contributed by atoms with E-state index >= 15 is 0 Å². The summed E-state index contributed by atoms with van der Waals surface area (Å²) in [7, 11) is 1.65. The highest BCUT2D eigenvalue weighted by Crippen LogP contribution is 2.29. The number of likely N-dealkylation sites (tertiary alicyclic amines) is 1. The molecule has 1 N–H and O–H groups in total. The summed E-state index contributed by atoms with van der Waals surface area (Å²) < 4.78 is 5.24. The summed E-state index contributed by atoms with van der Waals surface area (Å²) >= 11 is 1.85. The van der Waals surface area contributed by atoms with Crippen LogP contribution in [0.25, 0.3) is 0 Å². The summed E-state index contributed by atoms with van der Waals surface area (Å²) in [5, 5.41) is 4.25. The van der Waals surface area contributed by atoms with Gasteiger partial charge >= 0.3 is 0 Å². The lowest BCUT2D eigenvalue weighted by Crippen LogP contribution is -2.35.